The molecule has 0 saturated heterocycles. The van der Waals surface area contributed by atoms with Gasteiger partial charge in [-0.3, -0.25) is 4.79 Å². The largest absolute Gasteiger partial charge is 0.411 e. The van der Waals surface area contributed by atoms with E-state index in [1.807, 2.05) is 0 Å². The molecule has 2 N–H and O–H groups in total. The van der Waals surface area contributed by atoms with Crippen molar-refractivity contribution in [1.82, 2.24) is 0 Å². The molecule has 0 aromatic heterocycles. The summed E-state index contributed by atoms with van der Waals surface area (Å²) in [7, 11) is 0. The van der Waals surface area contributed by atoms with Crippen molar-refractivity contribution in [3.05, 3.63) is 64.4 Å². The SMILES string of the molecule is C/C(=N/O)c1ccccc1NC(=O)c1cccc(F)c1Cl. The Hall–Kier alpha value is -2.40. The maximum atomic E-state index is 13.4. The zero-order valence-corrected chi connectivity index (χ0v) is 11.9. The lowest BCUT2D eigenvalue weighted by Gasteiger charge is -2.11. The number of rotatable bonds is 3. The first-order valence-corrected chi connectivity index (χ1v) is 6.46. The Morgan fingerprint density at radius 2 is 1.86 bits per heavy atom. The average molecular weight is 307 g/mol. The molecule has 2 aromatic carbocycles. The number of nitrogens with zero attached hydrogens (tertiary/aromatic N) is 1. The van der Waals surface area contributed by atoms with Crippen LogP contribution < -0.4 is 5.32 Å². The predicted octanol–water partition coefficient (Wildman–Crippen LogP) is 3.93. The predicted molar refractivity (Wildman–Crippen MR) is 79.8 cm³/mol. The van der Waals surface area contributed by atoms with Gasteiger partial charge in [-0.25, -0.2) is 4.39 Å². The molecule has 2 rings (SSSR count). The van der Waals surface area contributed by atoms with Gasteiger partial charge in [0.15, 0.2) is 0 Å². The van der Waals surface area contributed by atoms with Crippen molar-refractivity contribution < 1.29 is 14.4 Å². The molecular weight excluding hydrogens is 295 g/mol. The van der Waals surface area contributed by atoms with Crippen molar-refractivity contribution >= 4 is 28.9 Å². The Balaban J connectivity index is 2.35. The first-order valence-electron chi connectivity index (χ1n) is 6.08. The molecule has 21 heavy (non-hydrogen) atoms. The van der Waals surface area contributed by atoms with Crippen LogP contribution in [0, 0.1) is 5.82 Å². The van der Waals surface area contributed by atoms with E-state index in [1.54, 1.807) is 31.2 Å². The summed E-state index contributed by atoms with van der Waals surface area (Å²) in [6, 6.07) is 10.8. The smallest absolute Gasteiger partial charge is 0.257 e. The zero-order valence-electron chi connectivity index (χ0n) is 11.1. The van der Waals surface area contributed by atoms with Crippen molar-refractivity contribution in [2.45, 2.75) is 6.92 Å². The first-order chi connectivity index (χ1) is 10.0. The highest BCUT2D eigenvalue weighted by Gasteiger charge is 2.15. The number of carbonyl (C=O) groups excluding carboxylic acids is 1. The molecule has 4 nitrogen and oxygen atoms in total. The van der Waals surface area contributed by atoms with Crippen LogP contribution in [-0.4, -0.2) is 16.8 Å². The third-order valence-corrected chi connectivity index (χ3v) is 3.30. The van der Waals surface area contributed by atoms with Crippen LogP contribution in [0.2, 0.25) is 5.02 Å². The van der Waals surface area contributed by atoms with Gasteiger partial charge in [0.05, 0.1) is 22.0 Å². The van der Waals surface area contributed by atoms with Gasteiger partial charge in [-0.1, -0.05) is 41.0 Å². The molecule has 0 spiro atoms. The second-order valence-corrected chi connectivity index (χ2v) is 4.66. The molecule has 0 atom stereocenters. The monoisotopic (exact) mass is 306 g/mol. The second-order valence-electron chi connectivity index (χ2n) is 4.29. The Labute approximate surface area is 125 Å². The molecule has 0 aliphatic heterocycles. The summed E-state index contributed by atoms with van der Waals surface area (Å²) in [6.45, 7) is 1.60. The number of nitrogens with one attached hydrogen (secondary N) is 1. The molecule has 0 saturated carbocycles. The molecule has 0 aliphatic carbocycles. The summed E-state index contributed by atoms with van der Waals surface area (Å²) in [6.07, 6.45) is 0. The third kappa shape index (κ3) is 3.20. The molecule has 6 heteroatoms. The van der Waals surface area contributed by atoms with E-state index in [2.05, 4.69) is 10.5 Å². The number of halogens is 2. The molecular formula is C15H12ClFN2O2. The van der Waals surface area contributed by atoms with Gasteiger partial charge in [0, 0.05) is 5.56 Å². The molecule has 0 bridgehead atoms. The zero-order chi connectivity index (χ0) is 15.4. The van der Waals surface area contributed by atoms with E-state index < -0.39 is 11.7 Å². The van der Waals surface area contributed by atoms with E-state index in [1.165, 1.54) is 18.2 Å². The number of oxime groups is 1. The van der Waals surface area contributed by atoms with Gasteiger partial charge in [-0.2, -0.15) is 0 Å². The molecule has 108 valence electrons. The number of para-hydroxylation sites is 1. The van der Waals surface area contributed by atoms with Crippen molar-refractivity contribution in [2.75, 3.05) is 5.32 Å². The van der Waals surface area contributed by atoms with Crippen LogP contribution in [0.15, 0.2) is 47.6 Å². The Morgan fingerprint density at radius 3 is 2.57 bits per heavy atom. The van der Waals surface area contributed by atoms with E-state index >= 15 is 0 Å². The van der Waals surface area contributed by atoms with Crippen LogP contribution in [0.1, 0.15) is 22.8 Å². The fraction of sp³-hybridized carbons (Fsp3) is 0.0667. The lowest BCUT2D eigenvalue weighted by Crippen LogP contribution is -2.15. The number of hydrogen-bond acceptors (Lipinski definition) is 3. The summed E-state index contributed by atoms with van der Waals surface area (Å²) in [4.78, 5) is 12.2. The number of amides is 1. The van der Waals surface area contributed by atoms with Gasteiger partial charge in [-0.15, -0.1) is 0 Å². The average Bonchev–Trinajstić information content (AvgIpc) is 2.49. The molecule has 0 fully saturated rings. The topological polar surface area (TPSA) is 61.7 Å². The van der Waals surface area contributed by atoms with Crippen LogP contribution in [0.5, 0.6) is 0 Å². The molecule has 2 aromatic rings. The molecule has 0 heterocycles. The van der Waals surface area contributed by atoms with E-state index in [0.29, 0.717) is 17.0 Å². The first kappa shape index (κ1) is 15.0. The van der Waals surface area contributed by atoms with E-state index in [0.717, 1.165) is 0 Å². The standard InChI is InChI=1S/C15H12ClFN2O2/c1-9(19-21)10-5-2-3-8-13(10)18-15(20)11-6-4-7-12(17)14(11)16/h2-8,21H,1H3,(H,18,20)/b19-9-. The number of carbonyl (C=O) groups is 1. The fourth-order valence-electron chi connectivity index (χ4n) is 1.83. The van der Waals surface area contributed by atoms with Crippen LogP contribution >= 0.6 is 11.6 Å². The molecule has 0 unspecified atom stereocenters. The highest BCUT2D eigenvalue weighted by atomic mass is 35.5. The quantitative estimate of drug-likeness (QED) is 0.513. The van der Waals surface area contributed by atoms with Crippen LogP contribution in [0.3, 0.4) is 0 Å². The normalized spacial score (nSPS) is 11.3. The summed E-state index contributed by atoms with van der Waals surface area (Å²) in [5.41, 5.74) is 1.38. The Bertz CT molecular complexity index is 717. The molecule has 0 aliphatic rings. The lowest BCUT2D eigenvalue weighted by molar-refractivity contribution is 0.102. The van der Waals surface area contributed by atoms with Gasteiger partial charge in [-0.05, 0) is 25.1 Å². The van der Waals surface area contributed by atoms with Crippen LogP contribution in [-0.2, 0) is 0 Å². The Kier molecular flexibility index (Phi) is 4.55. The summed E-state index contributed by atoms with van der Waals surface area (Å²) >= 11 is 5.78. The number of anilines is 1. The molecule has 0 radical (unpaired) electrons. The third-order valence-electron chi connectivity index (χ3n) is 2.91. The number of benzene rings is 2. The van der Waals surface area contributed by atoms with Crippen LogP contribution in [0.25, 0.3) is 0 Å². The minimum absolute atomic E-state index is 0.0325. The van der Waals surface area contributed by atoms with E-state index in [4.69, 9.17) is 16.8 Å². The highest BCUT2D eigenvalue weighted by molar-refractivity contribution is 6.34. The lowest BCUT2D eigenvalue weighted by atomic mass is 10.1. The van der Waals surface area contributed by atoms with E-state index in [9.17, 15) is 9.18 Å². The molecule has 1 amide bonds. The van der Waals surface area contributed by atoms with Gasteiger partial charge < -0.3 is 10.5 Å². The highest BCUT2D eigenvalue weighted by Crippen LogP contribution is 2.22. The maximum absolute atomic E-state index is 13.4. The van der Waals surface area contributed by atoms with Crippen LogP contribution in [0.4, 0.5) is 10.1 Å². The van der Waals surface area contributed by atoms with Gasteiger partial charge in [0.1, 0.15) is 5.82 Å². The minimum atomic E-state index is -0.661. The van der Waals surface area contributed by atoms with Gasteiger partial charge >= 0.3 is 0 Å². The van der Waals surface area contributed by atoms with Crippen molar-refractivity contribution in [1.29, 1.82) is 0 Å². The second kappa shape index (κ2) is 6.37. The van der Waals surface area contributed by atoms with Crippen molar-refractivity contribution in [2.24, 2.45) is 5.16 Å². The number of hydrogen-bond donors (Lipinski definition) is 2. The maximum Gasteiger partial charge on any atom is 0.257 e. The van der Waals surface area contributed by atoms with Gasteiger partial charge in [0.25, 0.3) is 5.91 Å². The van der Waals surface area contributed by atoms with Crippen molar-refractivity contribution in [3.63, 3.8) is 0 Å². The summed E-state index contributed by atoms with van der Waals surface area (Å²) < 4.78 is 13.4. The summed E-state index contributed by atoms with van der Waals surface area (Å²) in [5.74, 6) is -1.21. The summed E-state index contributed by atoms with van der Waals surface area (Å²) in [5, 5.41) is 14.4. The minimum Gasteiger partial charge on any atom is -0.411 e. The fourth-order valence-corrected chi connectivity index (χ4v) is 2.04. The Morgan fingerprint density at radius 1 is 1.19 bits per heavy atom. The van der Waals surface area contributed by atoms with Crippen molar-refractivity contribution in [3.8, 4) is 0 Å². The van der Waals surface area contributed by atoms with E-state index in [-0.39, 0.29) is 10.6 Å². The van der Waals surface area contributed by atoms with Gasteiger partial charge in [0.2, 0.25) is 0 Å².